The normalized spacial score (nSPS) is 20.8. The van der Waals surface area contributed by atoms with Crippen LogP contribution in [0.3, 0.4) is 0 Å². The summed E-state index contributed by atoms with van der Waals surface area (Å²) in [5.74, 6) is -4.07. The molecule has 31 heavy (non-hydrogen) atoms. The minimum Gasteiger partial charge on any atom is -0.547 e. The van der Waals surface area contributed by atoms with Gasteiger partial charge in [-0.1, -0.05) is 0 Å². The van der Waals surface area contributed by atoms with Gasteiger partial charge in [-0.25, -0.2) is 0 Å². The molecule has 2 unspecified atom stereocenters. The molecule has 0 saturated carbocycles. The third-order valence-electron chi connectivity index (χ3n) is 3.69. The van der Waals surface area contributed by atoms with Crippen LogP contribution in [0.5, 0.6) is 0 Å². The molecule has 0 amide bonds. The summed E-state index contributed by atoms with van der Waals surface area (Å²) in [7, 11) is 0. The summed E-state index contributed by atoms with van der Waals surface area (Å²) in [6.07, 6.45) is -21.0. The maximum atomic E-state index is 10.1. The van der Waals surface area contributed by atoms with Gasteiger partial charge < -0.3 is 81.1 Å². The van der Waals surface area contributed by atoms with Crippen LogP contribution in [0, 0.1) is 0 Å². The average Bonchev–Trinajstić information content (AvgIpc) is 2.73. The molecule has 0 aromatic heterocycles. The Morgan fingerprint density at radius 3 is 0.903 bits per heavy atom. The summed E-state index contributed by atoms with van der Waals surface area (Å²) in [4.78, 5) is 20.2. The Hall–Kier alpha value is -1.02. The minimum atomic E-state index is -2.40. The minimum absolute atomic E-state index is 0. The van der Waals surface area contributed by atoms with Crippen molar-refractivity contribution in [3.63, 3.8) is 0 Å². The molecule has 0 aliphatic carbocycles. The van der Waals surface area contributed by atoms with Crippen molar-refractivity contribution in [1.29, 1.82) is 0 Å². The fraction of sp³-hybridized carbons (Fsp3) is 0.857. The molecule has 0 rings (SSSR count). The molecular weight excluding hydrogens is 479 g/mol. The molecule has 0 saturated heterocycles. The standard InChI is InChI=1S/2C7H14O8.Mn/c2*8-1-2(9)3(10)4(11)5(12)6(13)7(14)15;/h2*2-6,8-13H,1H2,(H,14,15);/q;;+2/p-2/t2*2?,3-,4-,5+,6-;/m11./s1. The zero-order valence-electron chi connectivity index (χ0n) is 15.6. The molecule has 0 heterocycles. The quantitative estimate of drug-likeness (QED) is 0.109. The van der Waals surface area contributed by atoms with Gasteiger partial charge in [-0.2, -0.15) is 0 Å². The van der Waals surface area contributed by atoms with Crippen molar-refractivity contribution in [2.75, 3.05) is 13.2 Å². The van der Waals surface area contributed by atoms with E-state index in [0.29, 0.717) is 0 Å². The second-order valence-corrected chi connectivity index (χ2v) is 5.97. The van der Waals surface area contributed by atoms with Crippen LogP contribution in [-0.4, -0.2) is 147 Å². The molecule has 1 radical (unpaired) electrons. The fourth-order valence-electron chi connectivity index (χ4n) is 1.73. The summed E-state index contributed by atoms with van der Waals surface area (Å²) in [6, 6.07) is 0. The number of aliphatic carboxylic acids is 2. The number of hydrogen-bond acceptors (Lipinski definition) is 16. The van der Waals surface area contributed by atoms with Gasteiger partial charge in [-0.05, 0) is 0 Å². The zero-order valence-corrected chi connectivity index (χ0v) is 16.7. The largest absolute Gasteiger partial charge is 2.00 e. The monoisotopic (exact) mass is 505 g/mol. The van der Waals surface area contributed by atoms with Crippen LogP contribution in [-0.2, 0) is 26.7 Å². The Labute approximate surface area is 185 Å². The van der Waals surface area contributed by atoms with Gasteiger partial charge in [0.15, 0.2) is 0 Å². The van der Waals surface area contributed by atoms with Crippen molar-refractivity contribution >= 4 is 11.9 Å². The SMILES string of the molecule is O=C([O-])[C@H](O)[C@@H](O)[C@H](O)[C@H](O)C(O)CO.O=C([O-])[C@H](O)[C@@H](O)[C@H](O)[C@H](O)C(O)CO.[Mn+2]. The smallest absolute Gasteiger partial charge is 0.547 e. The Morgan fingerprint density at radius 1 is 0.516 bits per heavy atom. The van der Waals surface area contributed by atoms with Crippen LogP contribution < -0.4 is 10.2 Å². The molecule has 16 nitrogen and oxygen atoms in total. The third-order valence-corrected chi connectivity index (χ3v) is 3.69. The summed E-state index contributed by atoms with van der Waals surface area (Å²) in [6.45, 7) is -1.79. The number of aliphatic hydroxyl groups excluding tert-OH is 12. The van der Waals surface area contributed by atoms with Crippen molar-refractivity contribution in [3.05, 3.63) is 0 Å². The molecule has 0 aromatic carbocycles. The van der Waals surface area contributed by atoms with Crippen molar-refractivity contribution in [1.82, 2.24) is 0 Å². The van der Waals surface area contributed by atoms with E-state index in [9.17, 15) is 19.8 Å². The molecule has 0 aliphatic heterocycles. The second kappa shape index (κ2) is 16.6. The van der Waals surface area contributed by atoms with Crippen LogP contribution in [0.25, 0.3) is 0 Å². The average molecular weight is 505 g/mol. The number of carbonyl (C=O) groups excluding carboxylic acids is 2. The predicted octanol–water partition coefficient (Wildman–Crippen LogP) is -10.9. The first kappa shape index (κ1) is 34.6. The maximum Gasteiger partial charge on any atom is 2.00 e. The molecular formula is C14H26MnO16. The van der Waals surface area contributed by atoms with E-state index in [2.05, 4.69) is 0 Å². The molecule has 0 fully saturated rings. The van der Waals surface area contributed by atoms with Gasteiger partial charge in [0.25, 0.3) is 0 Å². The number of rotatable bonds is 12. The van der Waals surface area contributed by atoms with Crippen LogP contribution >= 0.6 is 0 Å². The molecule has 17 heteroatoms. The molecule has 185 valence electrons. The molecule has 0 bridgehead atoms. The molecule has 0 spiro atoms. The third kappa shape index (κ3) is 11.4. The van der Waals surface area contributed by atoms with Gasteiger partial charge in [0, 0.05) is 0 Å². The molecule has 12 N–H and O–H groups in total. The topological polar surface area (TPSA) is 323 Å². The number of carboxylic acids is 2. The number of hydrogen-bond donors (Lipinski definition) is 12. The number of aliphatic hydroxyl groups is 12. The van der Waals surface area contributed by atoms with Crippen molar-refractivity contribution in [2.24, 2.45) is 0 Å². The molecule has 0 aromatic rings. The van der Waals surface area contributed by atoms with E-state index in [1.165, 1.54) is 0 Å². The van der Waals surface area contributed by atoms with Gasteiger partial charge in [-0.15, -0.1) is 0 Å². The van der Waals surface area contributed by atoms with E-state index in [4.69, 9.17) is 61.3 Å². The molecule has 10 atom stereocenters. The van der Waals surface area contributed by atoms with Crippen LogP contribution in [0.1, 0.15) is 0 Å². The number of carbonyl (C=O) groups is 2. The van der Waals surface area contributed by atoms with E-state index in [1.807, 2.05) is 0 Å². The van der Waals surface area contributed by atoms with E-state index in [0.717, 1.165) is 0 Å². The summed E-state index contributed by atoms with van der Waals surface area (Å²) >= 11 is 0. The first-order chi connectivity index (χ1) is 13.6. The van der Waals surface area contributed by atoms with Gasteiger partial charge >= 0.3 is 17.1 Å². The summed E-state index contributed by atoms with van der Waals surface area (Å²) in [5, 5.41) is 126. The van der Waals surface area contributed by atoms with Crippen LogP contribution in [0.2, 0.25) is 0 Å². The first-order valence-electron chi connectivity index (χ1n) is 8.09. The van der Waals surface area contributed by atoms with E-state index in [-0.39, 0.29) is 17.1 Å². The van der Waals surface area contributed by atoms with Crippen molar-refractivity contribution < 1.29 is 98.1 Å². The Kier molecular flexibility index (Phi) is 18.5. The van der Waals surface area contributed by atoms with Crippen molar-refractivity contribution in [3.8, 4) is 0 Å². The molecule has 0 aliphatic rings. The van der Waals surface area contributed by atoms with Gasteiger partial charge in [0.05, 0.1) is 25.2 Å². The van der Waals surface area contributed by atoms with Crippen LogP contribution in [0.4, 0.5) is 0 Å². The van der Waals surface area contributed by atoms with E-state index >= 15 is 0 Å². The zero-order chi connectivity index (χ0) is 24.3. The maximum absolute atomic E-state index is 10.1. The van der Waals surface area contributed by atoms with Crippen LogP contribution in [0.15, 0.2) is 0 Å². The fourth-order valence-corrected chi connectivity index (χ4v) is 1.73. The van der Waals surface area contributed by atoms with E-state index < -0.39 is 86.2 Å². The Morgan fingerprint density at radius 2 is 0.742 bits per heavy atom. The Bertz CT molecular complexity index is 465. The van der Waals surface area contributed by atoms with E-state index in [1.54, 1.807) is 0 Å². The van der Waals surface area contributed by atoms with Gasteiger partial charge in [0.2, 0.25) is 0 Å². The predicted molar refractivity (Wildman–Crippen MR) is 84.3 cm³/mol. The van der Waals surface area contributed by atoms with Gasteiger partial charge in [0.1, 0.15) is 61.0 Å². The second-order valence-electron chi connectivity index (χ2n) is 5.97. The summed E-state index contributed by atoms with van der Waals surface area (Å²) in [5.41, 5.74) is 0. The van der Waals surface area contributed by atoms with Gasteiger partial charge in [-0.3, -0.25) is 0 Å². The van der Waals surface area contributed by atoms with Crippen molar-refractivity contribution in [2.45, 2.75) is 61.0 Å². The first-order valence-corrected chi connectivity index (χ1v) is 8.09. The Balaban J connectivity index is -0.000000490. The number of carboxylic acid groups (broad SMARTS) is 2. The summed E-state index contributed by atoms with van der Waals surface area (Å²) < 4.78 is 0.